The molecule has 1 heterocycles. The van der Waals surface area contributed by atoms with Gasteiger partial charge in [0.2, 0.25) is 0 Å². The summed E-state index contributed by atoms with van der Waals surface area (Å²) >= 11 is 5.81. The summed E-state index contributed by atoms with van der Waals surface area (Å²) in [5, 5.41) is 3.33. The van der Waals surface area contributed by atoms with E-state index in [9.17, 15) is 4.79 Å². The van der Waals surface area contributed by atoms with E-state index in [1.807, 2.05) is 18.2 Å². The monoisotopic (exact) mass is 282 g/mol. The first-order chi connectivity index (χ1) is 8.25. The van der Waals surface area contributed by atoms with Crippen LogP contribution in [0.1, 0.15) is 16.1 Å². The molecule has 0 unspecified atom stereocenters. The van der Waals surface area contributed by atoms with E-state index >= 15 is 0 Å². The van der Waals surface area contributed by atoms with Crippen LogP contribution in [-0.4, -0.2) is 10.9 Å². The van der Waals surface area contributed by atoms with Crippen LogP contribution in [0.25, 0.3) is 0 Å². The van der Waals surface area contributed by atoms with Crippen LogP contribution in [0.3, 0.4) is 0 Å². The summed E-state index contributed by atoms with van der Waals surface area (Å²) in [7, 11) is 0. The number of nitrogens with one attached hydrogen (secondary N) is 1. The average molecular weight is 283 g/mol. The molecule has 0 bridgehead atoms. The summed E-state index contributed by atoms with van der Waals surface area (Å²) < 4.78 is 0. The SMILES string of the molecule is Cl.O=C(NCc1ccccn1)c1cccc(Cl)c1. The summed E-state index contributed by atoms with van der Waals surface area (Å²) in [6.45, 7) is 0.409. The highest BCUT2D eigenvalue weighted by Gasteiger charge is 2.05. The van der Waals surface area contributed by atoms with E-state index in [-0.39, 0.29) is 18.3 Å². The van der Waals surface area contributed by atoms with Gasteiger partial charge in [0.25, 0.3) is 5.91 Å². The fourth-order valence-corrected chi connectivity index (χ4v) is 1.60. The van der Waals surface area contributed by atoms with Crippen LogP contribution in [0, 0.1) is 0 Å². The van der Waals surface area contributed by atoms with E-state index in [1.165, 1.54) is 0 Å². The lowest BCUT2D eigenvalue weighted by Gasteiger charge is -2.04. The van der Waals surface area contributed by atoms with E-state index in [2.05, 4.69) is 10.3 Å². The first-order valence-corrected chi connectivity index (χ1v) is 5.57. The molecule has 0 aliphatic heterocycles. The van der Waals surface area contributed by atoms with Crippen molar-refractivity contribution < 1.29 is 4.79 Å². The summed E-state index contributed by atoms with van der Waals surface area (Å²) in [6.07, 6.45) is 1.70. The molecule has 3 nitrogen and oxygen atoms in total. The minimum absolute atomic E-state index is 0. The molecule has 0 aliphatic carbocycles. The van der Waals surface area contributed by atoms with Gasteiger partial charge in [-0.05, 0) is 30.3 Å². The zero-order chi connectivity index (χ0) is 12.1. The predicted octanol–water partition coefficient (Wildman–Crippen LogP) is 3.09. The van der Waals surface area contributed by atoms with E-state index in [1.54, 1.807) is 30.5 Å². The van der Waals surface area contributed by atoms with Crippen LogP contribution >= 0.6 is 24.0 Å². The zero-order valence-corrected chi connectivity index (χ0v) is 11.0. The van der Waals surface area contributed by atoms with Gasteiger partial charge in [-0.3, -0.25) is 9.78 Å². The lowest BCUT2D eigenvalue weighted by atomic mass is 10.2. The Labute approximate surface area is 117 Å². The van der Waals surface area contributed by atoms with Crippen LogP contribution in [-0.2, 0) is 6.54 Å². The Morgan fingerprint density at radius 1 is 1.22 bits per heavy atom. The van der Waals surface area contributed by atoms with Gasteiger partial charge in [0.1, 0.15) is 0 Å². The molecule has 1 aromatic carbocycles. The molecule has 2 rings (SSSR count). The lowest BCUT2D eigenvalue weighted by molar-refractivity contribution is 0.0950. The molecular weight excluding hydrogens is 271 g/mol. The third-order valence-corrected chi connectivity index (χ3v) is 2.48. The van der Waals surface area contributed by atoms with Crippen molar-refractivity contribution in [2.75, 3.05) is 0 Å². The predicted molar refractivity (Wildman–Crippen MR) is 74.1 cm³/mol. The van der Waals surface area contributed by atoms with Crippen LogP contribution in [0.2, 0.25) is 5.02 Å². The number of hydrogen-bond donors (Lipinski definition) is 1. The Kier molecular flexibility index (Phi) is 5.62. The fourth-order valence-electron chi connectivity index (χ4n) is 1.41. The highest BCUT2D eigenvalue weighted by atomic mass is 35.5. The molecule has 0 saturated carbocycles. The van der Waals surface area contributed by atoms with Crippen molar-refractivity contribution >= 4 is 29.9 Å². The Balaban J connectivity index is 0.00000162. The number of rotatable bonds is 3. The van der Waals surface area contributed by atoms with Crippen molar-refractivity contribution in [3.05, 3.63) is 64.9 Å². The van der Waals surface area contributed by atoms with Gasteiger partial charge in [0.05, 0.1) is 12.2 Å². The number of carbonyl (C=O) groups is 1. The second-order valence-corrected chi connectivity index (χ2v) is 3.95. The first kappa shape index (κ1) is 14.5. The number of aromatic nitrogens is 1. The van der Waals surface area contributed by atoms with Gasteiger partial charge < -0.3 is 5.32 Å². The summed E-state index contributed by atoms with van der Waals surface area (Å²) in [4.78, 5) is 15.9. The molecule has 1 N–H and O–H groups in total. The highest BCUT2D eigenvalue weighted by molar-refractivity contribution is 6.30. The minimum Gasteiger partial charge on any atom is -0.346 e. The third-order valence-electron chi connectivity index (χ3n) is 2.24. The quantitative estimate of drug-likeness (QED) is 0.940. The van der Waals surface area contributed by atoms with E-state index in [0.29, 0.717) is 17.1 Å². The molecule has 0 fully saturated rings. The molecule has 0 aliphatic rings. The van der Waals surface area contributed by atoms with Gasteiger partial charge in [-0.15, -0.1) is 12.4 Å². The van der Waals surface area contributed by atoms with Crippen molar-refractivity contribution in [3.8, 4) is 0 Å². The molecule has 1 amide bonds. The topological polar surface area (TPSA) is 42.0 Å². The standard InChI is InChI=1S/C13H11ClN2O.ClH/c14-11-5-3-4-10(8-11)13(17)16-9-12-6-1-2-7-15-12;/h1-8H,9H2,(H,16,17);1H. The van der Waals surface area contributed by atoms with Crippen LogP contribution < -0.4 is 5.32 Å². The second kappa shape index (κ2) is 6.99. The molecule has 0 spiro atoms. The maximum absolute atomic E-state index is 11.8. The van der Waals surface area contributed by atoms with Gasteiger partial charge in [-0.2, -0.15) is 0 Å². The normalized spacial score (nSPS) is 9.39. The summed E-state index contributed by atoms with van der Waals surface area (Å²) in [5.41, 5.74) is 1.37. The summed E-state index contributed by atoms with van der Waals surface area (Å²) in [6, 6.07) is 12.4. The number of pyridine rings is 1. The molecule has 1 aromatic heterocycles. The van der Waals surface area contributed by atoms with Crippen molar-refractivity contribution in [1.82, 2.24) is 10.3 Å². The third kappa shape index (κ3) is 4.02. The number of amides is 1. The molecule has 18 heavy (non-hydrogen) atoms. The number of carbonyl (C=O) groups excluding carboxylic acids is 1. The van der Waals surface area contributed by atoms with E-state index < -0.39 is 0 Å². The number of benzene rings is 1. The van der Waals surface area contributed by atoms with Gasteiger partial charge in [0, 0.05) is 16.8 Å². The van der Waals surface area contributed by atoms with Crippen LogP contribution in [0.4, 0.5) is 0 Å². The van der Waals surface area contributed by atoms with E-state index in [4.69, 9.17) is 11.6 Å². The molecule has 5 heteroatoms. The molecule has 2 aromatic rings. The number of nitrogens with zero attached hydrogens (tertiary/aromatic N) is 1. The van der Waals surface area contributed by atoms with Crippen LogP contribution in [0.5, 0.6) is 0 Å². The van der Waals surface area contributed by atoms with Crippen molar-refractivity contribution in [3.63, 3.8) is 0 Å². The number of hydrogen-bond acceptors (Lipinski definition) is 2. The molecule has 0 saturated heterocycles. The van der Waals surface area contributed by atoms with Crippen molar-refractivity contribution in [1.29, 1.82) is 0 Å². The van der Waals surface area contributed by atoms with E-state index in [0.717, 1.165) is 5.69 Å². The second-order valence-electron chi connectivity index (χ2n) is 3.51. The Bertz CT molecular complexity index is 517. The van der Waals surface area contributed by atoms with Crippen LogP contribution in [0.15, 0.2) is 48.7 Å². The maximum atomic E-state index is 11.8. The Hall–Kier alpha value is -1.58. The first-order valence-electron chi connectivity index (χ1n) is 5.19. The minimum atomic E-state index is -0.154. The highest BCUT2D eigenvalue weighted by Crippen LogP contribution is 2.10. The Morgan fingerprint density at radius 3 is 2.72 bits per heavy atom. The molecule has 0 radical (unpaired) electrons. The van der Waals surface area contributed by atoms with Crippen molar-refractivity contribution in [2.24, 2.45) is 0 Å². The fraction of sp³-hybridized carbons (Fsp3) is 0.0769. The Morgan fingerprint density at radius 2 is 2.06 bits per heavy atom. The van der Waals surface area contributed by atoms with Gasteiger partial charge in [0.15, 0.2) is 0 Å². The molecule has 94 valence electrons. The smallest absolute Gasteiger partial charge is 0.251 e. The van der Waals surface area contributed by atoms with Gasteiger partial charge in [-0.1, -0.05) is 23.7 Å². The zero-order valence-electron chi connectivity index (χ0n) is 9.47. The maximum Gasteiger partial charge on any atom is 0.251 e. The average Bonchev–Trinajstić information content (AvgIpc) is 2.37. The van der Waals surface area contributed by atoms with Gasteiger partial charge >= 0.3 is 0 Å². The molecule has 0 atom stereocenters. The van der Waals surface area contributed by atoms with Crippen molar-refractivity contribution in [2.45, 2.75) is 6.54 Å². The summed E-state index contributed by atoms with van der Waals surface area (Å²) in [5.74, 6) is -0.154. The largest absolute Gasteiger partial charge is 0.346 e. The lowest BCUT2D eigenvalue weighted by Crippen LogP contribution is -2.23. The number of halogens is 2. The molecular formula is C13H12Cl2N2O. The van der Waals surface area contributed by atoms with Gasteiger partial charge in [-0.25, -0.2) is 0 Å².